The van der Waals surface area contributed by atoms with Gasteiger partial charge in [-0.3, -0.25) is 4.79 Å². The first-order chi connectivity index (χ1) is 10.6. The van der Waals surface area contributed by atoms with E-state index in [1.807, 2.05) is 36.4 Å². The summed E-state index contributed by atoms with van der Waals surface area (Å²) in [7, 11) is 0. The maximum Gasteiger partial charge on any atom is 0.217 e. The molecule has 0 aliphatic carbocycles. The van der Waals surface area contributed by atoms with Crippen LogP contribution in [0.4, 0.5) is 4.39 Å². The van der Waals surface area contributed by atoms with Gasteiger partial charge >= 0.3 is 0 Å². The first-order valence-electron chi connectivity index (χ1n) is 7.02. The van der Waals surface area contributed by atoms with E-state index >= 15 is 0 Å². The van der Waals surface area contributed by atoms with E-state index in [0.29, 0.717) is 17.9 Å². The summed E-state index contributed by atoms with van der Waals surface area (Å²) in [4.78, 5) is 10.7. The van der Waals surface area contributed by atoms with Crippen molar-refractivity contribution in [3.05, 3.63) is 71.6 Å². The lowest BCUT2D eigenvalue weighted by Gasteiger charge is -2.07. The molecular weight excluding hydrogens is 281 g/mol. The molecule has 0 heterocycles. The van der Waals surface area contributed by atoms with E-state index in [0.717, 1.165) is 5.56 Å². The Kier molecular flexibility index (Phi) is 5.72. The van der Waals surface area contributed by atoms with E-state index in [9.17, 15) is 9.18 Å². The molecule has 0 atom stereocenters. The highest BCUT2D eigenvalue weighted by Gasteiger charge is 2.01. The number of amides is 1. The second-order valence-corrected chi connectivity index (χ2v) is 4.79. The van der Waals surface area contributed by atoms with Crippen LogP contribution < -0.4 is 10.1 Å². The van der Waals surface area contributed by atoms with Gasteiger partial charge in [-0.25, -0.2) is 4.39 Å². The van der Waals surface area contributed by atoms with Crippen molar-refractivity contribution in [1.82, 2.24) is 5.32 Å². The minimum atomic E-state index is -0.264. The number of carbonyl (C=O) groups is 1. The van der Waals surface area contributed by atoms with Gasteiger partial charge in [0.25, 0.3) is 0 Å². The molecule has 0 saturated heterocycles. The molecule has 0 spiro atoms. The van der Waals surface area contributed by atoms with E-state index < -0.39 is 0 Å². The molecule has 1 amide bonds. The van der Waals surface area contributed by atoms with Crippen molar-refractivity contribution in [2.75, 3.05) is 6.54 Å². The Morgan fingerprint density at radius 1 is 1.18 bits per heavy atom. The molecule has 0 fully saturated rings. The van der Waals surface area contributed by atoms with Gasteiger partial charge in [-0.05, 0) is 23.8 Å². The lowest BCUT2D eigenvalue weighted by atomic mass is 10.2. The molecule has 0 unspecified atom stereocenters. The Morgan fingerprint density at radius 2 is 1.91 bits per heavy atom. The zero-order valence-corrected chi connectivity index (χ0v) is 12.4. The first-order valence-corrected chi connectivity index (χ1v) is 7.02. The fraction of sp³-hybridized carbons (Fsp3) is 0.167. The van der Waals surface area contributed by atoms with Gasteiger partial charge in [0.15, 0.2) is 0 Å². The Bertz CT molecular complexity index is 650. The number of nitrogens with one attached hydrogen (secondary N) is 1. The molecule has 114 valence electrons. The van der Waals surface area contributed by atoms with Gasteiger partial charge in [-0.2, -0.15) is 0 Å². The molecule has 0 radical (unpaired) electrons. The summed E-state index contributed by atoms with van der Waals surface area (Å²) >= 11 is 0. The Morgan fingerprint density at radius 3 is 2.59 bits per heavy atom. The molecule has 3 nitrogen and oxygen atoms in total. The second-order valence-electron chi connectivity index (χ2n) is 4.79. The molecule has 22 heavy (non-hydrogen) atoms. The molecule has 0 aliphatic heterocycles. The summed E-state index contributed by atoms with van der Waals surface area (Å²) in [5.74, 6) is 0.365. The predicted molar refractivity (Wildman–Crippen MR) is 84.9 cm³/mol. The molecule has 2 rings (SSSR count). The summed E-state index contributed by atoms with van der Waals surface area (Å²) in [6.45, 7) is 2.18. The van der Waals surface area contributed by atoms with Crippen LogP contribution in [0.2, 0.25) is 0 Å². The predicted octanol–water partition coefficient (Wildman–Crippen LogP) is 3.55. The molecule has 0 saturated carbocycles. The van der Waals surface area contributed by atoms with Crippen molar-refractivity contribution in [1.29, 1.82) is 0 Å². The average molecular weight is 299 g/mol. The van der Waals surface area contributed by atoms with Crippen LogP contribution >= 0.6 is 0 Å². The van der Waals surface area contributed by atoms with Crippen LogP contribution in [0.15, 0.2) is 54.6 Å². The van der Waals surface area contributed by atoms with Crippen LogP contribution in [0, 0.1) is 5.82 Å². The lowest BCUT2D eigenvalue weighted by Crippen LogP contribution is -2.19. The molecule has 2 aromatic rings. The normalized spacial score (nSPS) is 10.6. The second kappa shape index (κ2) is 7.98. The van der Waals surface area contributed by atoms with E-state index in [4.69, 9.17) is 4.74 Å². The minimum Gasteiger partial charge on any atom is -0.489 e. The third-order valence-electron chi connectivity index (χ3n) is 3.01. The van der Waals surface area contributed by atoms with E-state index in [-0.39, 0.29) is 18.3 Å². The van der Waals surface area contributed by atoms with Gasteiger partial charge in [0, 0.05) is 19.0 Å². The molecule has 1 N–H and O–H groups in total. The van der Waals surface area contributed by atoms with Crippen molar-refractivity contribution < 1.29 is 13.9 Å². The first kappa shape index (κ1) is 15.8. The fourth-order valence-electron chi connectivity index (χ4n) is 1.85. The number of benzene rings is 2. The van der Waals surface area contributed by atoms with E-state index in [1.54, 1.807) is 18.2 Å². The Labute approximate surface area is 129 Å². The van der Waals surface area contributed by atoms with Crippen LogP contribution in [0.25, 0.3) is 6.08 Å². The zero-order valence-electron chi connectivity index (χ0n) is 12.4. The van der Waals surface area contributed by atoms with Crippen molar-refractivity contribution in [3.8, 4) is 5.75 Å². The van der Waals surface area contributed by atoms with Crippen molar-refractivity contribution in [2.45, 2.75) is 13.5 Å². The summed E-state index contributed by atoms with van der Waals surface area (Å²) in [6, 6.07) is 14.0. The Hall–Kier alpha value is -2.62. The largest absolute Gasteiger partial charge is 0.489 e. The number of hydrogen-bond donors (Lipinski definition) is 1. The molecule has 2 aromatic carbocycles. The van der Waals surface area contributed by atoms with E-state index in [2.05, 4.69) is 5.32 Å². The van der Waals surface area contributed by atoms with Crippen LogP contribution in [0.5, 0.6) is 5.75 Å². The Balaban J connectivity index is 1.87. The van der Waals surface area contributed by atoms with Gasteiger partial charge in [0.1, 0.15) is 18.2 Å². The van der Waals surface area contributed by atoms with Gasteiger partial charge < -0.3 is 10.1 Å². The van der Waals surface area contributed by atoms with Gasteiger partial charge in [0.05, 0.1) is 0 Å². The summed E-state index contributed by atoms with van der Waals surface area (Å²) in [6.07, 6.45) is 3.78. The maximum absolute atomic E-state index is 13.5. The summed E-state index contributed by atoms with van der Waals surface area (Å²) in [5, 5.41) is 2.68. The number of hydrogen-bond acceptors (Lipinski definition) is 2. The standard InChI is InChI=1S/C18H18FNO2/c1-14(21)20-12-4-5-15-8-10-17(11-9-15)22-13-16-6-2-3-7-18(16)19/h2-11H,12-13H2,1H3,(H,20,21). The molecular formula is C18H18FNO2. The molecule has 0 aliphatic rings. The SMILES string of the molecule is CC(=O)NCC=Cc1ccc(OCc2ccccc2F)cc1. The third-order valence-corrected chi connectivity index (χ3v) is 3.01. The molecule has 0 bridgehead atoms. The maximum atomic E-state index is 13.5. The third kappa shape index (κ3) is 5.05. The molecule has 4 heteroatoms. The smallest absolute Gasteiger partial charge is 0.217 e. The van der Waals surface area contributed by atoms with Crippen molar-refractivity contribution in [3.63, 3.8) is 0 Å². The highest BCUT2D eigenvalue weighted by molar-refractivity contribution is 5.73. The average Bonchev–Trinajstić information content (AvgIpc) is 2.52. The van der Waals surface area contributed by atoms with Crippen molar-refractivity contribution in [2.24, 2.45) is 0 Å². The monoisotopic (exact) mass is 299 g/mol. The quantitative estimate of drug-likeness (QED) is 0.886. The van der Waals surface area contributed by atoms with Gasteiger partial charge in [0.2, 0.25) is 5.91 Å². The minimum absolute atomic E-state index is 0.0541. The van der Waals surface area contributed by atoms with Crippen LogP contribution in [0.1, 0.15) is 18.1 Å². The van der Waals surface area contributed by atoms with Gasteiger partial charge in [-0.15, -0.1) is 0 Å². The number of ether oxygens (including phenoxy) is 1. The van der Waals surface area contributed by atoms with Crippen LogP contribution in [0.3, 0.4) is 0 Å². The fourth-order valence-corrected chi connectivity index (χ4v) is 1.85. The van der Waals surface area contributed by atoms with Crippen LogP contribution in [-0.4, -0.2) is 12.5 Å². The topological polar surface area (TPSA) is 38.3 Å². The summed E-state index contributed by atoms with van der Waals surface area (Å²) in [5.41, 5.74) is 1.53. The van der Waals surface area contributed by atoms with Gasteiger partial charge in [-0.1, -0.05) is 42.5 Å². The highest BCUT2D eigenvalue weighted by Crippen LogP contribution is 2.16. The number of rotatable bonds is 6. The van der Waals surface area contributed by atoms with Crippen LogP contribution in [-0.2, 0) is 11.4 Å². The summed E-state index contributed by atoms with van der Waals surface area (Å²) < 4.78 is 19.0. The highest BCUT2D eigenvalue weighted by atomic mass is 19.1. The number of carbonyl (C=O) groups excluding carboxylic acids is 1. The van der Waals surface area contributed by atoms with E-state index in [1.165, 1.54) is 13.0 Å². The number of halogens is 1. The van der Waals surface area contributed by atoms with Crippen molar-refractivity contribution >= 4 is 12.0 Å². The zero-order chi connectivity index (χ0) is 15.8. The lowest BCUT2D eigenvalue weighted by molar-refractivity contribution is -0.118. The molecule has 0 aromatic heterocycles.